The van der Waals surface area contributed by atoms with Gasteiger partial charge < -0.3 is 4.74 Å². The SMILES string of the molecule is COc1ccc(S(=O)(=O)n2ccnc2)c(C)c1C. The monoisotopic (exact) mass is 266 g/mol. The number of hydrogen-bond acceptors (Lipinski definition) is 4. The summed E-state index contributed by atoms with van der Waals surface area (Å²) in [6.45, 7) is 3.60. The third-order valence-corrected chi connectivity index (χ3v) is 4.71. The van der Waals surface area contributed by atoms with Crippen molar-refractivity contribution < 1.29 is 13.2 Å². The lowest BCUT2D eigenvalue weighted by Crippen LogP contribution is -2.13. The third-order valence-electron chi connectivity index (χ3n) is 2.94. The van der Waals surface area contributed by atoms with Crippen molar-refractivity contribution in [3.05, 3.63) is 42.0 Å². The molecule has 2 rings (SSSR count). The highest BCUT2D eigenvalue weighted by molar-refractivity contribution is 7.90. The molecule has 0 amide bonds. The van der Waals surface area contributed by atoms with E-state index in [4.69, 9.17) is 4.74 Å². The van der Waals surface area contributed by atoms with Crippen LogP contribution in [0.3, 0.4) is 0 Å². The first kappa shape index (κ1) is 12.6. The Morgan fingerprint density at radius 1 is 1.22 bits per heavy atom. The van der Waals surface area contributed by atoms with E-state index in [1.807, 2.05) is 6.92 Å². The number of hydrogen-bond donors (Lipinski definition) is 0. The lowest BCUT2D eigenvalue weighted by molar-refractivity contribution is 0.410. The predicted octanol–water partition coefficient (Wildman–Crippen LogP) is 1.75. The lowest BCUT2D eigenvalue weighted by atomic mass is 10.1. The molecular weight excluding hydrogens is 252 g/mol. The first-order valence-corrected chi connectivity index (χ1v) is 6.80. The maximum atomic E-state index is 12.3. The van der Waals surface area contributed by atoms with E-state index in [9.17, 15) is 8.42 Å². The molecule has 0 atom stereocenters. The summed E-state index contributed by atoms with van der Waals surface area (Å²) in [6.07, 6.45) is 4.12. The standard InChI is InChI=1S/C12H14N2O3S/c1-9-10(2)12(5-4-11(9)17-3)18(15,16)14-7-6-13-8-14/h4-8H,1-3H3. The van der Waals surface area contributed by atoms with Crippen molar-refractivity contribution in [2.24, 2.45) is 0 Å². The summed E-state index contributed by atoms with van der Waals surface area (Å²) >= 11 is 0. The fourth-order valence-electron chi connectivity index (χ4n) is 1.77. The zero-order chi connectivity index (χ0) is 13.3. The van der Waals surface area contributed by atoms with Crippen LogP contribution < -0.4 is 4.74 Å². The first-order valence-electron chi connectivity index (χ1n) is 5.36. The Morgan fingerprint density at radius 2 is 1.94 bits per heavy atom. The molecule has 18 heavy (non-hydrogen) atoms. The zero-order valence-electron chi connectivity index (χ0n) is 10.4. The predicted molar refractivity (Wildman–Crippen MR) is 67.3 cm³/mol. The minimum atomic E-state index is -3.58. The van der Waals surface area contributed by atoms with E-state index in [0.717, 1.165) is 9.54 Å². The molecule has 0 unspecified atom stereocenters. The second kappa shape index (κ2) is 4.45. The first-order chi connectivity index (χ1) is 8.48. The Balaban J connectivity index is 2.64. The van der Waals surface area contributed by atoms with E-state index in [1.165, 1.54) is 18.7 Å². The minimum Gasteiger partial charge on any atom is -0.496 e. The maximum Gasteiger partial charge on any atom is 0.269 e. The number of imidazole rings is 1. The van der Waals surface area contributed by atoms with Gasteiger partial charge in [-0.25, -0.2) is 17.4 Å². The van der Waals surface area contributed by atoms with Crippen LogP contribution in [0.4, 0.5) is 0 Å². The largest absolute Gasteiger partial charge is 0.496 e. The van der Waals surface area contributed by atoms with Crippen LogP contribution in [-0.4, -0.2) is 24.5 Å². The van der Waals surface area contributed by atoms with Gasteiger partial charge in [0.05, 0.1) is 12.0 Å². The Morgan fingerprint density at radius 3 is 2.50 bits per heavy atom. The third kappa shape index (κ3) is 1.88. The second-order valence-electron chi connectivity index (χ2n) is 3.91. The molecule has 0 bridgehead atoms. The van der Waals surface area contributed by atoms with Crippen molar-refractivity contribution in [1.29, 1.82) is 0 Å². The van der Waals surface area contributed by atoms with Crippen LogP contribution in [0.15, 0.2) is 35.7 Å². The smallest absolute Gasteiger partial charge is 0.269 e. The molecule has 0 fully saturated rings. The summed E-state index contributed by atoms with van der Waals surface area (Å²) in [6, 6.07) is 3.21. The van der Waals surface area contributed by atoms with Gasteiger partial charge in [0.15, 0.2) is 0 Å². The fourth-order valence-corrected chi connectivity index (χ4v) is 3.17. The fraction of sp³-hybridized carbons (Fsp3) is 0.250. The number of methoxy groups -OCH3 is 1. The Bertz CT molecular complexity index is 661. The van der Waals surface area contributed by atoms with Gasteiger partial charge in [-0.2, -0.15) is 0 Å². The number of rotatable bonds is 3. The molecule has 0 spiro atoms. The molecule has 1 heterocycles. The van der Waals surface area contributed by atoms with E-state index in [1.54, 1.807) is 26.2 Å². The highest BCUT2D eigenvalue weighted by Gasteiger charge is 2.20. The second-order valence-corrected chi connectivity index (χ2v) is 5.73. The topological polar surface area (TPSA) is 61.2 Å². The molecule has 1 aromatic heterocycles. The molecule has 2 aromatic rings. The summed E-state index contributed by atoms with van der Waals surface area (Å²) < 4.78 is 31.0. The molecule has 0 N–H and O–H groups in total. The van der Waals surface area contributed by atoms with E-state index in [-0.39, 0.29) is 4.90 Å². The van der Waals surface area contributed by atoms with Crippen LogP contribution in [0, 0.1) is 13.8 Å². The van der Waals surface area contributed by atoms with E-state index in [2.05, 4.69) is 4.98 Å². The minimum absolute atomic E-state index is 0.263. The van der Waals surface area contributed by atoms with Gasteiger partial charge in [0.25, 0.3) is 10.0 Å². The Labute approximate surface area is 106 Å². The van der Waals surface area contributed by atoms with Crippen molar-refractivity contribution in [1.82, 2.24) is 8.96 Å². The molecule has 0 aliphatic heterocycles. The van der Waals surface area contributed by atoms with Crippen LogP contribution in [0.25, 0.3) is 0 Å². The average Bonchev–Trinajstić information content (AvgIpc) is 2.86. The normalized spacial score (nSPS) is 11.5. The van der Waals surface area contributed by atoms with E-state index >= 15 is 0 Å². The quantitative estimate of drug-likeness (QED) is 0.849. The molecule has 0 radical (unpaired) electrons. The summed E-state index contributed by atoms with van der Waals surface area (Å²) in [5.41, 5.74) is 1.50. The Kier molecular flexibility index (Phi) is 3.13. The van der Waals surface area contributed by atoms with Gasteiger partial charge >= 0.3 is 0 Å². The molecule has 1 aromatic carbocycles. The Hall–Kier alpha value is -1.82. The molecule has 6 heteroatoms. The van der Waals surface area contributed by atoms with Gasteiger partial charge in [0.2, 0.25) is 0 Å². The summed E-state index contributed by atoms with van der Waals surface area (Å²) in [4.78, 5) is 4.02. The molecule has 0 aliphatic carbocycles. The van der Waals surface area contributed by atoms with Gasteiger partial charge in [-0.15, -0.1) is 0 Å². The van der Waals surface area contributed by atoms with Gasteiger partial charge in [0.1, 0.15) is 12.1 Å². The number of nitrogens with zero attached hydrogens (tertiary/aromatic N) is 2. The van der Waals surface area contributed by atoms with Crippen LogP contribution in [0.2, 0.25) is 0 Å². The van der Waals surface area contributed by atoms with E-state index in [0.29, 0.717) is 11.3 Å². The van der Waals surface area contributed by atoms with E-state index < -0.39 is 10.0 Å². The van der Waals surface area contributed by atoms with Crippen LogP contribution in [0.1, 0.15) is 11.1 Å². The number of benzene rings is 1. The highest BCUT2D eigenvalue weighted by atomic mass is 32.2. The molecule has 5 nitrogen and oxygen atoms in total. The van der Waals surface area contributed by atoms with Gasteiger partial charge in [0, 0.05) is 12.4 Å². The average molecular weight is 266 g/mol. The lowest BCUT2D eigenvalue weighted by Gasteiger charge is -2.13. The van der Waals surface area contributed by atoms with Gasteiger partial charge in [-0.05, 0) is 37.1 Å². The van der Waals surface area contributed by atoms with Crippen molar-refractivity contribution in [3.63, 3.8) is 0 Å². The summed E-state index contributed by atoms with van der Waals surface area (Å²) in [5.74, 6) is 0.678. The molecule has 96 valence electrons. The number of aromatic nitrogens is 2. The van der Waals surface area contributed by atoms with Gasteiger partial charge in [-0.3, -0.25) is 0 Å². The van der Waals surface area contributed by atoms with Crippen LogP contribution in [-0.2, 0) is 10.0 Å². The molecule has 0 aliphatic rings. The summed E-state index contributed by atoms with van der Waals surface area (Å²) in [7, 11) is -2.01. The maximum absolute atomic E-state index is 12.3. The van der Waals surface area contributed by atoms with Crippen molar-refractivity contribution in [2.45, 2.75) is 18.7 Å². The molecular formula is C12H14N2O3S. The van der Waals surface area contributed by atoms with Crippen molar-refractivity contribution >= 4 is 10.0 Å². The van der Waals surface area contributed by atoms with Gasteiger partial charge in [-0.1, -0.05) is 0 Å². The molecule has 0 saturated carbocycles. The summed E-state index contributed by atoms with van der Waals surface area (Å²) in [5, 5.41) is 0. The highest BCUT2D eigenvalue weighted by Crippen LogP contribution is 2.27. The van der Waals surface area contributed by atoms with Crippen molar-refractivity contribution in [2.75, 3.05) is 7.11 Å². The number of ether oxygens (including phenoxy) is 1. The van der Waals surface area contributed by atoms with Crippen LogP contribution in [0.5, 0.6) is 5.75 Å². The van der Waals surface area contributed by atoms with Crippen LogP contribution >= 0.6 is 0 Å². The molecule has 0 saturated heterocycles. The van der Waals surface area contributed by atoms with Crippen molar-refractivity contribution in [3.8, 4) is 5.75 Å². The zero-order valence-corrected chi connectivity index (χ0v) is 11.2.